The molecule has 20 heavy (non-hydrogen) atoms. The Kier molecular flexibility index (Phi) is 3.90. The number of aliphatic hydroxyl groups is 1. The van der Waals surface area contributed by atoms with Crippen LogP contribution >= 0.6 is 0 Å². The van der Waals surface area contributed by atoms with Crippen molar-refractivity contribution < 1.29 is 23.4 Å². The first-order chi connectivity index (χ1) is 9.30. The Morgan fingerprint density at radius 2 is 2.05 bits per heavy atom. The van der Waals surface area contributed by atoms with Gasteiger partial charge in [0.25, 0.3) is 0 Å². The normalized spacial score (nSPS) is 18.3. The number of carboxylic acids is 1. The van der Waals surface area contributed by atoms with Gasteiger partial charge in [0.15, 0.2) is 0 Å². The van der Waals surface area contributed by atoms with Gasteiger partial charge in [0, 0.05) is 13.2 Å². The summed E-state index contributed by atoms with van der Waals surface area (Å²) in [5.74, 6) is -1.19. The number of carboxylic acid groups (broad SMARTS) is 1. The highest BCUT2D eigenvalue weighted by Gasteiger charge is 2.38. The second-order valence-electron chi connectivity index (χ2n) is 5.23. The number of nitrogens with zero attached hydrogens (tertiary/aromatic N) is 1. The van der Waals surface area contributed by atoms with Gasteiger partial charge in [-0.3, -0.25) is 0 Å². The third-order valence-electron chi connectivity index (χ3n) is 3.72. The lowest BCUT2D eigenvalue weighted by Gasteiger charge is -2.27. The minimum atomic E-state index is -3.84. The van der Waals surface area contributed by atoms with Crippen LogP contribution in [-0.4, -0.2) is 41.3 Å². The summed E-state index contributed by atoms with van der Waals surface area (Å²) in [6.45, 7) is -0.259. The lowest BCUT2D eigenvalue weighted by Crippen LogP contribution is -2.48. The van der Waals surface area contributed by atoms with Crippen molar-refractivity contribution >= 4 is 16.0 Å². The lowest BCUT2D eigenvalue weighted by atomic mass is 10.0. The van der Waals surface area contributed by atoms with Gasteiger partial charge in [-0.15, -0.1) is 0 Å². The van der Waals surface area contributed by atoms with Crippen molar-refractivity contribution in [2.75, 3.05) is 6.61 Å². The predicted octanol–water partition coefficient (Wildman–Crippen LogP) is 0.307. The number of aromatic nitrogens is 1. The Morgan fingerprint density at radius 1 is 1.45 bits per heavy atom. The van der Waals surface area contributed by atoms with Crippen LogP contribution < -0.4 is 4.72 Å². The zero-order chi connectivity index (χ0) is 15.0. The molecule has 0 atom stereocenters. The van der Waals surface area contributed by atoms with Crippen molar-refractivity contribution in [2.45, 2.75) is 36.1 Å². The van der Waals surface area contributed by atoms with E-state index in [0.717, 1.165) is 18.9 Å². The number of rotatable bonds is 5. The van der Waals surface area contributed by atoms with E-state index in [2.05, 4.69) is 4.72 Å². The van der Waals surface area contributed by atoms with Gasteiger partial charge in [0.1, 0.15) is 10.6 Å². The molecule has 1 aliphatic rings. The van der Waals surface area contributed by atoms with Crippen LogP contribution in [0.3, 0.4) is 0 Å². The van der Waals surface area contributed by atoms with Crippen LogP contribution in [0.5, 0.6) is 0 Å². The van der Waals surface area contributed by atoms with Crippen LogP contribution in [0.25, 0.3) is 0 Å². The van der Waals surface area contributed by atoms with Crippen molar-refractivity contribution in [3.05, 3.63) is 18.0 Å². The SMILES string of the molecule is Cn1cc(S(=O)(=O)NC2(CO)CCCC2)cc1C(=O)O. The van der Waals surface area contributed by atoms with Gasteiger partial charge >= 0.3 is 5.97 Å². The van der Waals surface area contributed by atoms with Gasteiger partial charge in [0.2, 0.25) is 10.0 Å². The molecule has 1 fully saturated rings. The topological polar surface area (TPSA) is 109 Å². The molecule has 0 aromatic carbocycles. The first-order valence-corrected chi connectivity index (χ1v) is 7.82. The predicted molar refractivity (Wildman–Crippen MR) is 71.0 cm³/mol. The Bertz CT molecular complexity index is 614. The quantitative estimate of drug-likeness (QED) is 0.725. The largest absolute Gasteiger partial charge is 0.477 e. The number of hydrogen-bond donors (Lipinski definition) is 3. The van der Waals surface area contributed by atoms with Crippen molar-refractivity contribution in [1.29, 1.82) is 0 Å². The third kappa shape index (κ3) is 2.72. The molecule has 1 aromatic heterocycles. The van der Waals surface area contributed by atoms with Gasteiger partial charge in [-0.2, -0.15) is 0 Å². The van der Waals surface area contributed by atoms with Crippen LogP contribution in [0.1, 0.15) is 36.2 Å². The molecule has 0 aliphatic heterocycles. The minimum absolute atomic E-state index is 0.0999. The molecule has 1 aliphatic carbocycles. The van der Waals surface area contributed by atoms with E-state index in [1.165, 1.54) is 17.8 Å². The van der Waals surface area contributed by atoms with Crippen molar-refractivity contribution in [1.82, 2.24) is 9.29 Å². The molecule has 0 spiro atoms. The average Bonchev–Trinajstić information content (AvgIpc) is 2.96. The highest BCUT2D eigenvalue weighted by molar-refractivity contribution is 7.89. The monoisotopic (exact) mass is 302 g/mol. The van der Waals surface area contributed by atoms with Crippen LogP contribution in [0.2, 0.25) is 0 Å². The number of aryl methyl sites for hydroxylation is 1. The molecule has 0 unspecified atom stereocenters. The molecule has 0 radical (unpaired) electrons. The van der Waals surface area contributed by atoms with E-state index >= 15 is 0 Å². The maximum atomic E-state index is 12.3. The molecule has 3 N–H and O–H groups in total. The summed E-state index contributed by atoms with van der Waals surface area (Å²) < 4.78 is 28.4. The highest BCUT2D eigenvalue weighted by Crippen LogP contribution is 2.31. The molecule has 0 saturated heterocycles. The van der Waals surface area contributed by atoms with E-state index in [0.29, 0.717) is 12.8 Å². The summed E-state index contributed by atoms with van der Waals surface area (Å²) in [6.07, 6.45) is 4.14. The first-order valence-electron chi connectivity index (χ1n) is 6.34. The van der Waals surface area contributed by atoms with Crippen LogP contribution in [0.4, 0.5) is 0 Å². The fourth-order valence-electron chi connectivity index (χ4n) is 2.58. The smallest absolute Gasteiger partial charge is 0.352 e. The molecular formula is C12H18N2O5S. The maximum absolute atomic E-state index is 12.3. The molecular weight excluding hydrogens is 284 g/mol. The Labute approximate surface area is 117 Å². The highest BCUT2D eigenvalue weighted by atomic mass is 32.2. The number of sulfonamides is 1. The van der Waals surface area contributed by atoms with Gasteiger partial charge in [-0.1, -0.05) is 12.8 Å². The Hall–Kier alpha value is -1.38. The zero-order valence-corrected chi connectivity index (χ0v) is 12.0. The molecule has 1 aromatic rings. The molecule has 0 bridgehead atoms. The molecule has 0 amide bonds. The number of hydrogen-bond acceptors (Lipinski definition) is 4. The molecule has 7 nitrogen and oxygen atoms in total. The van der Waals surface area contributed by atoms with E-state index in [9.17, 15) is 18.3 Å². The second-order valence-corrected chi connectivity index (χ2v) is 6.91. The molecule has 1 saturated carbocycles. The summed E-state index contributed by atoms with van der Waals surface area (Å²) in [6, 6.07) is 1.12. The standard InChI is InChI=1S/C12H18N2O5S/c1-14-7-9(6-10(14)11(16)17)20(18,19)13-12(8-15)4-2-3-5-12/h6-7,13,15H,2-5,8H2,1H3,(H,16,17). The first kappa shape index (κ1) is 15.0. The van der Waals surface area contributed by atoms with E-state index in [1.54, 1.807) is 0 Å². The summed E-state index contributed by atoms with van der Waals surface area (Å²) in [5, 5.41) is 18.4. The molecule has 8 heteroatoms. The average molecular weight is 302 g/mol. The number of aromatic carboxylic acids is 1. The van der Waals surface area contributed by atoms with Gasteiger partial charge in [-0.25, -0.2) is 17.9 Å². The summed E-state index contributed by atoms with van der Waals surface area (Å²) in [5.41, 5.74) is -0.923. The minimum Gasteiger partial charge on any atom is -0.477 e. The fraction of sp³-hybridized carbons (Fsp3) is 0.583. The lowest BCUT2D eigenvalue weighted by molar-refractivity contribution is 0.0686. The van der Waals surface area contributed by atoms with Crippen molar-refractivity contribution in [3.63, 3.8) is 0 Å². The number of carbonyl (C=O) groups is 1. The number of nitrogens with one attached hydrogen (secondary N) is 1. The van der Waals surface area contributed by atoms with Gasteiger partial charge < -0.3 is 14.8 Å². The van der Waals surface area contributed by atoms with E-state index in [1.807, 2.05) is 0 Å². The van der Waals surface area contributed by atoms with Crippen LogP contribution in [0, 0.1) is 0 Å². The molecule has 112 valence electrons. The van der Waals surface area contributed by atoms with Gasteiger partial charge in [0.05, 0.1) is 12.1 Å². The number of aliphatic hydroxyl groups excluding tert-OH is 1. The third-order valence-corrected chi connectivity index (χ3v) is 5.27. The van der Waals surface area contributed by atoms with Gasteiger partial charge in [-0.05, 0) is 18.9 Å². The Balaban J connectivity index is 2.31. The molecule has 2 rings (SSSR count). The summed E-state index contributed by atoms with van der Waals surface area (Å²) in [7, 11) is -2.37. The molecule has 1 heterocycles. The van der Waals surface area contributed by atoms with E-state index < -0.39 is 21.5 Å². The van der Waals surface area contributed by atoms with Crippen LogP contribution in [-0.2, 0) is 17.1 Å². The van der Waals surface area contributed by atoms with Crippen molar-refractivity contribution in [2.24, 2.45) is 7.05 Å². The van der Waals surface area contributed by atoms with Crippen molar-refractivity contribution in [3.8, 4) is 0 Å². The summed E-state index contributed by atoms with van der Waals surface area (Å²) in [4.78, 5) is 10.8. The van der Waals surface area contributed by atoms with Crippen LogP contribution in [0.15, 0.2) is 17.2 Å². The van der Waals surface area contributed by atoms with E-state index in [-0.39, 0.29) is 17.2 Å². The fourth-order valence-corrected chi connectivity index (χ4v) is 4.10. The summed E-state index contributed by atoms with van der Waals surface area (Å²) >= 11 is 0. The Morgan fingerprint density at radius 3 is 2.50 bits per heavy atom. The second kappa shape index (κ2) is 5.19. The van der Waals surface area contributed by atoms with E-state index in [4.69, 9.17) is 5.11 Å². The zero-order valence-electron chi connectivity index (χ0n) is 11.2. The maximum Gasteiger partial charge on any atom is 0.352 e.